The van der Waals surface area contributed by atoms with E-state index in [4.69, 9.17) is 17.3 Å². The van der Waals surface area contributed by atoms with E-state index >= 15 is 0 Å². The molecule has 0 bridgehead atoms. The Kier molecular flexibility index (Phi) is 2.97. The molecule has 0 aliphatic carbocycles. The molecule has 3 N–H and O–H groups in total. The average Bonchev–Trinajstić information content (AvgIpc) is 2.44. The zero-order valence-corrected chi connectivity index (χ0v) is 10.9. The fraction of sp³-hybridized carbons (Fsp3) is 0. The van der Waals surface area contributed by atoms with E-state index in [2.05, 4.69) is 10.3 Å². The van der Waals surface area contributed by atoms with Crippen LogP contribution >= 0.6 is 11.6 Å². The van der Waals surface area contributed by atoms with Gasteiger partial charge >= 0.3 is 0 Å². The third-order valence-electron chi connectivity index (χ3n) is 2.92. The molecule has 4 heteroatoms. The summed E-state index contributed by atoms with van der Waals surface area (Å²) in [5.41, 5.74) is 9.41. The Hall–Kier alpha value is -2.26. The van der Waals surface area contributed by atoms with Gasteiger partial charge in [0, 0.05) is 16.1 Å². The Morgan fingerprint density at radius 3 is 2.63 bits per heavy atom. The predicted molar refractivity (Wildman–Crippen MR) is 80.9 cm³/mol. The van der Waals surface area contributed by atoms with Gasteiger partial charge in [-0.3, -0.25) is 4.98 Å². The molecule has 0 atom stereocenters. The van der Waals surface area contributed by atoms with Gasteiger partial charge in [0.25, 0.3) is 0 Å². The van der Waals surface area contributed by atoms with Crippen LogP contribution in [0.15, 0.2) is 54.7 Å². The molecule has 2 aromatic carbocycles. The first kappa shape index (κ1) is 11.8. The first-order chi connectivity index (χ1) is 9.24. The highest BCUT2D eigenvalue weighted by atomic mass is 35.5. The van der Waals surface area contributed by atoms with E-state index in [1.54, 1.807) is 12.3 Å². The number of nitrogen functional groups attached to an aromatic ring is 1. The van der Waals surface area contributed by atoms with Crippen molar-refractivity contribution >= 4 is 39.6 Å². The maximum Gasteiger partial charge on any atom is 0.0811 e. The second kappa shape index (κ2) is 4.78. The lowest BCUT2D eigenvalue weighted by Crippen LogP contribution is -1.98. The molecule has 19 heavy (non-hydrogen) atoms. The van der Waals surface area contributed by atoms with Crippen molar-refractivity contribution in [1.82, 2.24) is 4.98 Å². The van der Waals surface area contributed by atoms with Crippen LogP contribution < -0.4 is 11.1 Å². The smallest absolute Gasteiger partial charge is 0.0811 e. The number of halogens is 1. The van der Waals surface area contributed by atoms with Crippen molar-refractivity contribution in [2.75, 3.05) is 11.1 Å². The van der Waals surface area contributed by atoms with Gasteiger partial charge in [-0.15, -0.1) is 0 Å². The molecule has 3 aromatic rings. The van der Waals surface area contributed by atoms with E-state index in [9.17, 15) is 0 Å². The number of hydrogen-bond donors (Lipinski definition) is 2. The van der Waals surface area contributed by atoms with E-state index < -0.39 is 0 Å². The first-order valence-corrected chi connectivity index (χ1v) is 6.27. The van der Waals surface area contributed by atoms with Crippen LogP contribution in [0.5, 0.6) is 0 Å². The van der Waals surface area contributed by atoms with Crippen molar-refractivity contribution in [3.8, 4) is 0 Å². The zero-order chi connectivity index (χ0) is 13.2. The molecule has 94 valence electrons. The normalized spacial score (nSPS) is 10.6. The van der Waals surface area contributed by atoms with Gasteiger partial charge in [0.15, 0.2) is 0 Å². The lowest BCUT2D eigenvalue weighted by Gasteiger charge is -2.11. The molecular formula is C15H12ClN3. The Bertz CT molecular complexity index is 726. The third-order valence-corrected chi connectivity index (χ3v) is 3.16. The molecule has 1 aromatic heterocycles. The summed E-state index contributed by atoms with van der Waals surface area (Å²) in [5, 5.41) is 4.76. The summed E-state index contributed by atoms with van der Waals surface area (Å²) in [6, 6.07) is 15.3. The van der Waals surface area contributed by atoms with Crippen molar-refractivity contribution in [3.63, 3.8) is 0 Å². The van der Waals surface area contributed by atoms with E-state index in [-0.39, 0.29) is 0 Å². The van der Waals surface area contributed by atoms with E-state index in [1.807, 2.05) is 42.5 Å². The highest BCUT2D eigenvalue weighted by molar-refractivity contribution is 6.31. The van der Waals surface area contributed by atoms with E-state index in [0.29, 0.717) is 10.7 Å². The number of anilines is 3. The number of rotatable bonds is 2. The van der Waals surface area contributed by atoms with Crippen molar-refractivity contribution in [2.24, 2.45) is 0 Å². The highest BCUT2D eigenvalue weighted by Crippen LogP contribution is 2.30. The van der Waals surface area contributed by atoms with Crippen LogP contribution in [0.1, 0.15) is 0 Å². The standard InChI is InChI=1S/C15H12ClN3/c16-10-6-7-13-12(8-10)15(17)14(9-18-13)19-11-4-2-1-3-5-11/h1-9,19H,(H2,17,18). The first-order valence-electron chi connectivity index (χ1n) is 5.90. The lowest BCUT2D eigenvalue weighted by atomic mass is 10.1. The minimum absolute atomic E-state index is 0.649. The van der Waals surface area contributed by atoms with Crippen molar-refractivity contribution in [3.05, 3.63) is 59.8 Å². The number of nitrogens with zero attached hydrogens (tertiary/aromatic N) is 1. The van der Waals surface area contributed by atoms with Crippen molar-refractivity contribution < 1.29 is 0 Å². The number of para-hydroxylation sites is 1. The third kappa shape index (κ3) is 2.33. The Labute approximate surface area is 116 Å². The van der Waals surface area contributed by atoms with Crippen LogP contribution in [0.3, 0.4) is 0 Å². The fourth-order valence-corrected chi connectivity index (χ4v) is 2.13. The Balaban J connectivity index is 2.07. The minimum Gasteiger partial charge on any atom is -0.396 e. The second-order valence-electron chi connectivity index (χ2n) is 4.24. The summed E-state index contributed by atoms with van der Waals surface area (Å²) < 4.78 is 0. The molecule has 3 rings (SSSR count). The number of nitrogens with two attached hydrogens (primary N) is 1. The minimum atomic E-state index is 0.649. The van der Waals surface area contributed by atoms with Gasteiger partial charge in [0.05, 0.1) is 23.1 Å². The van der Waals surface area contributed by atoms with Gasteiger partial charge in [0.1, 0.15) is 0 Å². The summed E-state index contributed by atoms with van der Waals surface area (Å²) in [6.07, 6.45) is 1.73. The van der Waals surface area contributed by atoms with Crippen LogP contribution in [0, 0.1) is 0 Å². The summed E-state index contributed by atoms with van der Waals surface area (Å²) in [5.74, 6) is 0. The average molecular weight is 270 g/mol. The van der Waals surface area contributed by atoms with Crippen LogP contribution in [0.25, 0.3) is 10.9 Å². The molecule has 0 radical (unpaired) electrons. The topological polar surface area (TPSA) is 50.9 Å². The summed E-state index contributed by atoms with van der Waals surface area (Å²) in [6.45, 7) is 0. The van der Waals surface area contributed by atoms with Crippen LogP contribution in [-0.2, 0) is 0 Å². The van der Waals surface area contributed by atoms with E-state index in [1.165, 1.54) is 0 Å². The lowest BCUT2D eigenvalue weighted by molar-refractivity contribution is 1.40. The number of benzene rings is 2. The number of hydrogen-bond acceptors (Lipinski definition) is 3. The molecular weight excluding hydrogens is 258 g/mol. The van der Waals surface area contributed by atoms with Crippen LogP contribution in [0.2, 0.25) is 5.02 Å². The van der Waals surface area contributed by atoms with Crippen LogP contribution in [0.4, 0.5) is 17.1 Å². The summed E-state index contributed by atoms with van der Waals surface area (Å²) >= 11 is 6.00. The molecule has 0 amide bonds. The van der Waals surface area contributed by atoms with Gasteiger partial charge in [-0.2, -0.15) is 0 Å². The van der Waals surface area contributed by atoms with E-state index in [0.717, 1.165) is 22.3 Å². The second-order valence-corrected chi connectivity index (χ2v) is 4.67. The van der Waals surface area contributed by atoms with Crippen molar-refractivity contribution in [1.29, 1.82) is 0 Å². The molecule has 3 nitrogen and oxygen atoms in total. The van der Waals surface area contributed by atoms with Gasteiger partial charge in [0.2, 0.25) is 0 Å². The largest absolute Gasteiger partial charge is 0.396 e. The van der Waals surface area contributed by atoms with Gasteiger partial charge in [-0.05, 0) is 30.3 Å². The molecule has 0 spiro atoms. The van der Waals surface area contributed by atoms with Gasteiger partial charge in [-0.25, -0.2) is 0 Å². The number of aromatic nitrogens is 1. The highest BCUT2D eigenvalue weighted by Gasteiger charge is 2.06. The molecule has 0 aliphatic rings. The number of fused-ring (bicyclic) bond motifs is 1. The SMILES string of the molecule is Nc1c(Nc2ccccc2)cnc2ccc(Cl)cc12. The quantitative estimate of drug-likeness (QED) is 0.732. The number of pyridine rings is 1. The number of nitrogens with one attached hydrogen (secondary N) is 1. The Morgan fingerprint density at radius 2 is 1.84 bits per heavy atom. The molecule has 0 saturated heterocycles. The maximum atomic E-state index is 6.17. The fourth-order valence-electron chi connectivity index (χ4n) is 1.96. The van der Waals surface area contributed by atoms with Crippen LogP contribution in [-0.4, -0.2) is 4.98 Å². The molecule has 0 aliphatic heterocycles. The van der Waals surface area contributed by atoms with Gasteiger partial charge in [-0.1, -0.05) is 29.8 Å². The molecule has 0 saturated carbocycles. The molecule has 1 heterocycles. The maximum absolute atomic E-state index is 6.17. The monoisotopic (exact) mass is 269 g/mol. The molecule has 0 unspecified atom stereocenters. The summed E-state index contributed by atoms with van der Waals surface area (Å²) in [4.78, 5) is 4.38. The molecule has 0 fully saturated rings. The zero-order valence-electron chi connectivity index (χ0n) is 10.1. The van der Waals surface area contributed by atoms with Gasteiger partial charge < -0.3 is 11.1 Å². The summed E-state index contributed by atoms with van der Waals surface area (Å²) in [7, 11) is 0. The Morgan fingerprint density at radius 1 is 1.05 bits per heavy atom. The predicted octanol–water partition coefficient (Wildman–Crippen LogP) is 4.21. The van der Waals surface area contributed by atoms with Crippen molar-refractivity contribution in [2.45, 2.75) is 0 Å².